The second kappa shape index (κ2) is 8.03. The number of rotatable bonds is 5. The van der Waals surface area contributed by atoms with Crippen molar-refractivity contribution in [3.8, 4) is 11.1 Å². The van der Waals surface area contributed by atoms with Gasteiger partial charge in [-0.2, -0.15) is 0 Å². The van der Waals surface area contributed by atoms with Crippen LogP contribution >= 0.6 is 11.6 Å². The number of carboxylic acids is 1. The smallest absolute Gasteiger partial charge is 0.337 e. The number of halogens is 1. The summed E-state index contributed by atoms with van der Waals surface area (Å²) in [6, 6.07) is 18.7. The van der Waals surface area contributed by atoms with Crippen LogP contribution in [0.3, 0.4) is 0 Å². The molecule has 4 N–H and O–H groups in total. The number of benzene rings is 3. The van der Waals surface area contributed by atoms with Crippen molar-refractivity contribution in [1.29, 1.82) is 0 Å². The van der Waals surface area contributed by atoms with Crippen molar-refractivity contribution < 1.29 is 14.7 Å². The molecule has 3 aromatic rings. The highest BCUT2D eigenvalue weighted by Gasteiger charge is 2.16. The molecule has 0 heterocycles. The molecule has 0 aliphatic rings. The molecule has 0 bridgehead atoms. The van der Waals surface area contributed by atoms with Gasteiger partial charge in [0.2, 0.25) is 0 Å². The molecule has 0 fully saturated rings. The third-order valence-electron chi connectivity index (χ3n) is 4.17. The number of carboxylic acid groups (broad SMARTS) is 1. The Balaban J connectivity index is 2.05. The fourth-order valence-corrected chi connectivity index (χ4v) is 3.07. The van der Waals surface area contributed by atoms with Crippen LogP contribution in [0.25, 0.3) is 11.1 Å². The lowest BCUT2D eigenvalue weighted by Gasteiger charge is -2.14. The lowest BCUT2D eigenvalue weighted by Crippen LogP contribution is -2.15. The van der Waals surface area contributed by atoms with E-state index in [0.717, 1.165) is 11.1 Å². The first-order valence-electron chi connectivity index (χ1n) is 8.23. The van der Waals surface area contributed by atoms with Crippen molar-refractivity contribution in [2.75, 3.05) is 5.32 Å². The number of hydrogen-bond donors (Lipinski definition) is 3. The van der Waals surface area contributed by atoms with Crippen LogP contribution in [0.2, 0.25) is 5.02 Å². The van der Waals surface area contributed by atoms with E-state index in [0.29, 0.717) is 16.1 Å². The topological polar surface area (TPSA) is 92.4 Å². The molecule has 0 saturated carbocycles. The minimum Gasteiger partial charge on any atom is -0.478 e. The standard InChI is InChI=1S/C21H17ClN2O3/c22-18-8-4-7-15(17(18)12-23)14-9-10-16(21(26)27)19(11-14)24-20(25)13-5-2-1-3-6-13/h1-11H,12,23H2,(H,24,25)(H,26,27). The zero-order valence-electron chi connectivity index (χ0n) is 14.3. The molecule has 0 spiro atoms. The zero-order valence-corrected chi connectivity index (χ0v) is 15.0. The Labute approximate surface area is 161 Å². The van der Waals surface area contributed by atoms with Crippen molar-refractivity contribution in [2.24, 2.45) is 5.73 Å². The first-order chi connectivity index (χ1) is 13.0. The van der Waals surface area contributed by atoms with Crippen LogP contribution in [0, 0.1) is 0 Å². The van der Waals surface area contributed by atoms with Crippen LogP contribution in [0.5, 0.6) is 0 Å². The molecule has 0 aliphatic heterocycles. The van der Waals surface area contributed by atoms with E-state index in [4.69, 9.17) is 17.3 Å². The first kappa shape index (κ1) is 18.6. The molecule has 3 aromatic carbocycles. The van der Waals surface area contributed by atoms with E-state index < -0.39 is 5.97 Å². The number of nitrogens with two attached hydrogens (primary N) is 1. The van der Waals surface area contributed by atoms with E-state index in [1.54, 1.807) is 54.6 Å². The maximum atomic E-state index is 12.5. The summed E-state index contributed by atoms with van der Waals surface area (Å²) in [5, 5.41) is 12.7. The van der Waals surface area contributed by atoms with Gasteiger partial charge in [0.15, 0.2) is 0 Å². The highest BCUT2D eigenvalue weighted by Crippen LogP contribution is 2.32. The quantitative estimate of drug-likeness (QED) is 0.611. The van der Waals surface area contributed by atoms with E-state index in [9.17, 15) is 14.7 Å². The van der Waals surface area contributed by atoms with Crippen LogP contribution in [0.1, 0.15) is 26.3 Å². The van der Waals surface area contributed by atoms with Crippen molar-refractivity contribution in [3.05, 3.63) is 88.4 Å². The summed E-state index contributed by atoms with van der Waals surface area (Å²) in [5.74, 6) is -1.52. The van der Waals surface area contributed by atoms with E-state index in [-0.39, 0.29) is 23.7 Å². The Morgan fingerprint density at radius 1 is 1.00 bits per heavy atom. The zero-order chi connectivity index (χ0) is 19.4. The molecule has 27 heavy (non-hydrogen) atoms. The second-order valence-corrected chi connectivity index (χ2v) is 6.26. The minimum atomic E-state index is -1.13. The number of nitrogens with one attached hydrogen (secondary N) is 1. The number of carbonyl (C=O) groups excluding carboxylic acids is 1. The van der Waals surface area contributed by atoms with E-state index in [1.807, 2.05) is 6.07 Å². The fourth-order valence-electron chi connectivity index (χ4n) is 2.82. The summed E-state index contributed by atoms with van der Waals surface area (Å²) < 4.78 is 0. The largest absolute Gasteiger partial charge is 0.478 e. The highest BCUT2D eigenvalue weighted by molar-refractivity contribution is 6.31. The molecule has 3 rings (SSSR count). The van der Waals surface area contributed by atoms with Crippen LogP contribution in [-0.2, 0) is 6.54 Å². The summed E-state index contributed by atoms with van der Waals surface area (Å²) >= 11 is 6.22. The summed E-state index contributed by atoms with van der Waals surface area (Å²) in [6.45, 7) is 0.237. The normalized spacial score (nSPS) is 10.4. The van der Waals surface area contributed by atoms with Crippen molar-refractivity contribution in [2.45, 2.75) is 6.54 Å². The average Bonchev–Trinajstić information content (AvgIpc) is 2.68. The van der Waals surface area contributed by atoms with Crippen molar-refractivity contribution >= 4 is 29.2 Å². The predicted octanol–water partition coefficient (Wildman–Crippen LogP) is 4.42. The van der Waals surface area contributed by atoms with Gasteiger partial charge in [0, 0.05) is 17.1 Å². The Morgan fingerprint density at radius 2 is 1.74 bits per heavy atom. The monoisotopic (exact) mass is 380 g/mol. The van der Waals surface area contributed by atoms with Crippen molar-refractivity contribution in [3.63, 3.8) is 0 Å². The van der Waals surface area contributed by atoms with Gasteiger partial charge in [-0.05, 0) is 47.0 Å². The molecular formula is C21H17ClN2O3. The lowest BCUT2D eigenvalue weighted by molar-refractivity contribution is 0.0698. The number of anilines is 1. The van der Waals surface area contributed by atoms with Gasteiger partial charge in [-0.1, -0.05) is 48.0 Å². The lowest BCUT2D eigenvalue weighted by atomic mass is 9.97. The highest BCUT2D eigenvalue weighted by atomic mass is 35.5. The Hall–Kier alpha value is -3.15. The van der Waals surface area contributed by atoms with Gasteiger partial charge in [-0.25, -0.2) is 4.79 Å². The van der Waals surface area contributed by atoms with Crippen LogP contribution < -0.4 is 11.1 Å². The number of aromatic carboxylic acids is 1. The van der Waals surface area contributed by atoms with E-state index in [1.165, 1.54) is 6.07 Å². The third kappa shape index (κ3) is 4.00. The minimum absolute atomic E-state index is 0.000595. The molecule has 6 heteroatoms. The summed E-state index contributed by atoms with van der Waals surface area (Å²) in [6.07, 6.45) is 0. The molecule has 0 radical (unpaired) electrons. The Bertz CT molecular complexity index is 1000. The van der Waals surface area contributed by atoms with Gasteiger partial charge in [-0.3, -0.25) is 4.79 Å². The summed E-state index contributed by atoms with van der Waals surface area (Å²) in [7, 11) is 0. The summed E-state index contributed by atoms with van der Waals surface area (Å²) in [4.78, 5) is 24.0. The molecule has 0 unspecified atom stereocenters. The van der Waals surface area contributed by atoms with Crippen molar-refractivity contribution in [1.82, 2.24) is 0 Å². The molecule has 0 saturated heterocycles. The van der Waals surface area contributed by atoms with Gasteiger partial charge >= 0.3 is 5.97 Å². The SMILES string of the molecule is NCc1c(Cl)cccc1-c1ccc(C(=O)O)c(NC(=O)c2ccccc2)c1. The van der Waals surface area contributed by atoms with Gasteiger partial charge in [0.1, 0.15) is 0 Å². The third-order valence-corrected chi connectivity index (χ3v) is 4.52. The van der Waals surface area contributed by atoms with Gasteiger partial charge in [-0.15, -0.1) is 0 Å². The number of hydrogen-bond acceptors (Lipinski definition) is 3. The van der Waals surface area contributed by atoms with Crippen LogP contribution in [0.4, 0.5) is 5.69 Å². The molecule has 1 amide bonds. The maximum Gasteiger partial charge on any atom is 0.337 e. The Morgan fingerprint density at radius 3 is 2.41 bits per heavy atom. The van der Waals surface area contributed by atoms with E-state index >= 15 is 0 Å². The average molecular weight is 381 g/mol. The molecule has 0 aromatic heterocycles. The van der Waals surface area contributed by atoms with Gasteiger partial charge in [0.25, 0.3) is 5.91 Å². The predicted molar refractivity (Wildman–Crippen MR) is 106 cm³/mol. The molecule has 5 nitrogen and oxygen atoms in total. The van der Waals surface area contributed by atoms with Gasteiger partial charge in [0.05, 0.1) is 11.3 Å². The maximum absolute atomic E-state index is 12.5. The second-order valence-electron chi connectivity index (χ2n) is 5.86. The molecule has 0 atom stereocenters. The number of amides is 1. The van der Waals surface area contributed by atoms with Crippen LogP contribution in [0.15, 0.2) is 66.7 Å². The molecule has 0 aliphatic carbocycles. The van der Waals surface area contributed by atoms with Gasteiger partial charge < -0.3 is 16.2 Å². The summed E-state index contributed by atoms with van der Waals surface area (Å²) in [5.41, 5.74) is 8.71. The molecule has 136 valence electrons. The first-order valence-corrected chi connectivity index (χ1v) is 8.60. The van der Waals surface area contributed by atoms with Crippen LogP contribution in [-0.4, -0.2) is 17.0 Å². The Kier molecular flexibility index (Phi) is 5.54. The fraction of sp³-hybridized carbons (Fsp3) is 0.0476. The van der Waals surface area contributed by atoms with E-state index in [2.05, 4.69) is 5.32 Å². The number of carbonyl (C=O) groups is 2. The molecular weight excluding hydrogens is 364 g/mol.